The van der Waals surface area contributed by atoms with Crippen LogP contribution < -0.4 is 5.32 Å². The zero-order valence-corrected chi connectivity index (χ0v) is 15.1. The molecule has 2 rings (SSSR count). The van der Waals surface area contributed by atoms with Gasteiger partial charge in [-0.25, -0.2) is 0 Å². The molecule has 1 aliphatic heterocycles. The minimum Gasteiger partial charge on any atom is -0.300 e. The molecule has 11 heteroatoms. The lowest BCUT2D eigenvalue weighted by Crippen LogP contribution is -2.46. The van der Waals surface area contributed by atoms with Crippen molar-refractivity contribution in [2.75, 3.05) is 38.8 Å². The van der Waals surface area contributed by atoms with Crippen LogP contribution >= 0.6 is 23.1 Å². The molecule has 0 aromatic carbocycles. The molecule has 0 atom stereocenters. The van der Waals surface area contributed by atoms with Crippen molar-refractivity contribution < 1.29 is 13.2 Å². The van der Waals surface area contributed by atoms with Crippen LogP contribution in [0.3, 0.4) is 0 Å². The molecule has 1 aromatic rings. The SMILES string of the molecule is CSc1nnc(NC(=O)C2CCN(S(=O)(=O)N(C)C)CC2)s1. The normalized spacial score (nSPS) is 17.8. The summed E-state index contributed by atoms with van der Waals surface area (Å²) in [4.78, 5) is 12.2. The summed E-state index contributed by atoms with van der Waals surface area (Å²) in [5, 5.41) is 11.1. The van der Waals surface area contributed by atoms with E-state index in [4.69, 9.17) is 0 Å². The highest BCUT2D eigenvalue weighted by molar-refractivity contribution is 8.00. The molecule has 0 unspecified atom stereocenters. The quantitative estimate of drug-likeness (QED) is 0.610. The Balaban J connectivity index is 1.90. The third-order valence-electron chi connectivity index (χ3n) is 3.42. The fourth-order valence-corrected chi connectivity index (χ4v) is 4.44. The van der Waals surface area contributed by atoms with Crippen LogP contribution in [0, 0.1) is 5.92 Å². The highest BCUT2D eigenvalue weighted by Crippen LogP contribution is 2.25. The molecule has 1 aromatic heterocycles. The van der Waals surface area contributed by atoms with Crippen molar-refractivity contribution in [1.29, 1.82) is 0 Å². The van der Waals surface area contributed by atoms with Gasteiger partial charge in [0.25, 0.3) is 10.2 Å². The summed E-state index contributed by atoms with van der Waals surface area (Å²) in [6.45, 7) is 0.704. The number of thioether (sulfide) groups is 1. The Morgan fingerprint density at radius 1 is 1.36 bits per heavy atom. The molecule has 0 aliphatic carbocycles. The van der Waals surface area contributed by atoms with Crippen molar-refractivity contribution in [3.63, 3.8) is 0 Å². The Morgan fingerprint density at radius 3 is 2.50 bits per heavy atom. The molecule has 1 amide bonds. The van der Waals surface area contributed by atoms with Crippen molar-refractivity contribution in [2.24, 2.45) is 5.92 Å². The molecule has 0 bridgehead atoms. The van der Waals surface area contributed by atoms with Crippen LogP contribution in [-0.2, 0) is 15.0 Å². The number of nitrogens with zero attached hydrogens (tertiary/aromatic N) is 4. The number of hydrogen-bond donors (Lipinski definition) is 1. The maximum atomic E-state index is 12.2. The molecule has 8 nitrogen and oxygen atoms in total. The van der Waals surface area contributed by atoms with Gasteiger partial charge < -0.3 is 5.32 Å². The standard InChI is InChI=1S/C11H19N5O3S3/c1-15(2)22(18,19)16-6-4-8(5-7-16)9(17)12-10-13-14-11(20-3)21-10/h8H,4-7H2,1-3H3,(H,12,13,17). The van der Waals surface area contributed by atoms with Gasteiger partial charge in [-0.3, -0.25) is 4.79 Å². The molecule has 22 heavy (non-hydrogen) atoms. The number of rotatable bonds is 5. The molecule has 1 aliphatic rings. The largest absolute Gasteiger partial charge is 0.300 e. The first-order valence-corrected chi connectivity index (χ1v) is 10.1. The first-order valence-electron chi connectivity index (χ1n) is 6.70. The van der Waals surface area contributed by atoms with Crippen LogP contribution in [0.25, 0.3) is 0 Å². The van der Waals surface area contributed by atoms with Gasteiger partial charge in [0.05, 0.1) is 0 Å². The van der Waals surface area contributed by atoms with Gasteiger partial charge in [0, 0.05) is 33.1 Å². The molecule has 0 spiro atoms. The number of nitrogens with one attached hydrogen (secondary N) is 1. The van der Waals surface area contributed by atoms with Gasteiger partial charge >= 0.3 is 0 Å². The van der Waals surface area contributed by atoms with Crippen molar-refractivity contribution in [2.45, 2.75) is 17.2 Å². The molecule has 1 N–H and O–H groups in total. The van der Waals surface area contributed by atoms with Crippen molar-refractivity contribution in [3.8, 4) is 0 Å². The van der Waals surface area contributed by atoms with Crippen LogP contribution in [0.4, 0.5) is 5.13 Å². The van der Waals surface area contributed by atoms with Gasteiger partial charge in [-0.15, -0.1) is 10.2 Å². The molecule has 1 fully saturated rings. The maximum absolute atomic E-state index is 12.2. The van der Waals surface area contributed by atoms with Gasteiger partial charge in [-0.05, 0) is 19.1 Å². The van der Waals surface area contributed by atoms with Crippen molar-refractivity contribution >= 4 is 44.3 Å². The number of hydrogen-bond acceptors (Lipinski definition) is 7. The Bertz CT molecular complexity index is 623. The summed E-state index contributed by atoms with van der Waals surface area (Å²) in [5.41, 5.74) is 0. The first kappa shape index (κ1) is 17.6. The molecule has 0 saturated carbocycles. The average Bonchev–Trinajstić information content (AvgIpc) is 2.94. The zero-order valence-electron chi connectivity index (χ0n) is 12.6. The van der Waals surface area contributed by atoms with E-state index >= 15 is 0 Å². The van der Waals surface area contributed by atoms with Gasteiger partial charge in [0.15, 0.2) is 4.34 Å². The van der Waals surface area contributed by atoms with Crippen LogP contribution in [0.1, 0.15) is 12.8 Å². The average molecular weight is 366 g/mol. The highest BCUT2D eigenvalue weighted by atomic mass is 32.2. The van der Waals surface area contributed by atoms with E-state index in [-0.39, 0.29) is 11.8 Å². The van der Waals surface area contributed by atoms with Crippen molar-refractivity contribution in [1.82, 2.24) is 18.8 Å². The number of carbonyl (C=O) groups excluding carboxylic acids is 1. The first-order chi connectivity index (χ1) is 10.3. The Morgan fingerprint density at radius 2 is 2.00 bits per heavy atom. The second-order valence-electron chi connectivity index (χ2n) is 5.03. The van der Waals surface area contributed by atoms with E-state index in [0.717, 1.165) is 4.34 Å². The molecule has 0 radical (unpaired) electrons. The molecule has 2 heterocycles. The van der Waals surface area contributed by atoms with E-state index in [2.05, 4.69) is 15.5 Å². The number of piperidine rings is 1. The molecular weight excluding hydrogens is 346 g/mol. The predicted molar refractivity (Wildman–Crippen MR) is 87.2 cm³/mol. The fourth-order valence-electron chi connectivity index (χ4n) is 2.13. The minimum atomic E-state index is -3.40. The monoisotopic (exact) mass is 365 g/mol. The number of amides is 1. The van der Waals surface area contributed by atoms with E-state index in [9.17, 15) is 13.2 Å². The number of aromatic nitrogens is 2. The second kappa shape index (κ2) is 7.21. The van der Waals surface area contributed by atoms with Gasteiger partial charge in [0.1, 0.15) is 0 Å². The summed E-state index contributed by atoms with van der Waals surface area (Å²) in [6, 6.07) is 0. The van der Waals surface area contributed by atoms with Gasteiger partial charge in [-0.1, -0.05) is 23.1 Å². The third-order valence-corrected chi connectivity index (χ3v) is 7.18. The summed E-state index contributed by atoms with van der Waals surface area (Å²) < 4.78 is 27.4. The smallest absolute Gasteiger partial charge is 0.281 e. The second-order valence-corrected chi connectivity index (χ2v) is 9.20. The lowest BCUT2D eigenvalue weighted by molar-refractivity contribution is -0.120. The summed E-state index contributed by atoms with van der Waals surface area (Å²) >= 11 is 2.80. The molecular formula is C11H19N5O3S3. The summed E-state index contributed by atoms with van der Waals surface area (Å²) in [7, 11) is -0.382. The van der Waals surface area contributed by atoms with E-state index in [1.165, 1.54) is 45.8 Å². The van der Waals surface area contributed by atoms with E-state index in [0.29, 0.717) is 31.1 Å². The van der Waals surface area contributed by atoms with E-state index in [1.807, 2.05) is 6.26 Å². The Labute approximate surface area is 138 Å². The van der Waals surface area contributed by atoms with Gasteiger partial charge in [0.2, 0.25) is 11.0 Å². The maximum Gasteiger partial charge on any atom is 0.281 e. The van der Waals surface area contributed by atoms with E-state index in [1.54, 1.807) is 0 Å². The highest BCUT2D eigenvalue weighted by Gasteiger charge is 2.32. The Kier molecular flexibility index (Phi) is 5.77. The predicted octanol–water partition coefficient (Wildman–Crippen LogP) is 0.717. The van der Waals surface area contributed by atoms with Crippen LogP contribution in [0.5, 0.6) is 0 Å². The summed E-state index contributed by atoms with van der Waals surface area (Å²) in [5.74, 6) is -0.319. The van der Waals surface area contributed by atoms with Crippen LogP contribution in [-0.4, -0.2) is 66.6 Å². The van der Waals surface area contributed by atoms with Crippen LogP contribution in [0.2, 0.25) is 0 Å². The van der Waals surface area contributed by atoms with Crippen LogP contribution in [0.15, 0.2) is 4.34 Å². The minimum absolute atomic E-state index is 0.120. The topological polar surface area (TPSA) is 95.5 Å². The third kappa shape index (κ3) is 3.96. The lowest BCUT2D eigenvalue weighted by Gasteiger charge is -2.31. The zero-order chi connectivity index (χ0) is 16.3. The number of anilines is 1. The summed E-state index contributed by atoms with van der Waals surface area (Å²) in [6.07, 6.45) is 2.91. The number of carbonyl (C=O) groups is 1. The van der Waals surface area contributed by atoms with Gasteiger partial charge in [-0.2, -0.15) is 17.0 Å². The fraction of sp³-hybridized carbons (Fsp3) is 0.727. The van der Waals surface area contributed by atoms with E-state index < -0.39 is 10.2 Å². The lowest BCUT2D eigenvalue weighted by atomic mass is 9.97. The Hall–Kier alpha value is -0.750. The van der Waals surface area contributed by atoms with Crippen molar-refractivity contribution in [3.05, 3.63) is 0 Å². The molecule has 124 valence electrons. The molecule has 1 saturated heterocycles.